The van der Waals surface area contributed by atoms with Crippen molar-refractivity contribution < 1.29 is 25.0 Å². The van der Waals surface area contributed by atoms with E-state index in [0.717, 1.165) is 0 Å². The maximum Gasteiger partial charge on any atom is 0.268 e. The summed E-state index contributed by atoms with van der Waals surface area (Å²) in [5.74, 6) is 9.27. The van der Waals surface area contributed by atoms with Crippen molar-refractivity contribution in [2.45, 2.75) is 24.5 Å². The topological polar surface area (TPSA) is 131 Å². The number of carbonyl (C=O) groups excluding carboxylic acids is 2. The van der Waals surface area contributed by atoms with E-state index >= 15 is 0 Å². The number of hydrogen-bond donors (Lipinski definition) is 6. The van der Waals surface area contributed by atoms with E-state index in [1.54, 1.807) is 12.1 Å². The molecule has 1 aromatic rings. The minimum Gasteiger partial charge on any atom is -0.395 e. The fourth-order valence-corrected chi connectivity index (χ4v) is 2.64. The Hall–Kier alpha value is -2.88. The molecular weight excluding hydrogens is 350 g/mol. The van der Waals surface area contributed by atoms with Crippen LogP contribution in [0.2, 0.25) is 0 Å². The normalized spacial score (nSPS) is 19.1. The second-order valence-corrected chi connectivity index (χ2v) is 6.02. The van der Waals surface area contributed by atoms with Crippen LogP contribution in [-0.4, -0.2) is 58.6 Å². The molecule has 1 aliphatic rings. The van der Waals surface area contributed by atoms with E-state index < -0.39 is 23.5 Å². The van der Waals surface area contributed by atoms with Gasteiger partial charge < -0.3 is 20.8 Å². The number of amides is 2. The number of rotatable bonds is 5. The average molecular weight is 371 g/mol. The number of β-amino-alcohol motifs (C(OH)–C–C–N with tert-alkyl or cyclic N) is 1. The maximum absolute atomic E-state index is 12.4. The van der Waals surface area contributed by atoms with Gasteiger partial charge in [0.15, 0.2) is 0 Å². The molecule has 1 heterocycles. The number of benzene rings is 1. The van der Waals surface area contributed by atoms with Crippen LogP contribution in [0.1, 0.15) is 28.8 Å². The number of nitrogens with one attached hydrogen (secondary N) is 3. The van der Waals surface area contributed by atoms with E-state index in [-0.39, 0.29) is 25.1 Å². The van der Waals surface area contributed by atoms with Gasteiger partial charge in [0, 0.05) is 24.1 Å². The molecule has 0 spiro atoms. The lowest BCUT2D eigenvalue weighted by Crippen LogP contribution is -2.60. The lowest BCUT2D eigenvalue weighted by atomic mass is 9.92. The van der Waals surface area contributed by atoms with Crippen LogP contribution in [0.15, 0.2) is 24.3 Å². The van der Waals surface area contributed by atoms with Crippen molar-refractivity contribution in [3.63, 3.8) is 0 Å². The van der Waals surface area contributed by atoms with Crippen LogP contribution in [0.5, 0.6) is 0 Å². The van der Waals surface area contributed by atoms with Crippen molar-refractivity contribution >= 4 is 11.8 Å². The lowest BCUT2D eigenvalue weighted by molar-refractivity contribution is -0.137. The highest BCUT2D eigenvalue weighted by Gasteiger charge is 2.44. The molecule has 8 heteroatoms. The van der Waals surface area contributed by atoms with Crippen molar-refractivity contribution in [2.24, 2.45) is 0 Å². The Labute approximate surface area is 156 Å². The third-order valence-corrected chi connectivity index (χ3v) is 4.09. The molecule has 1 aliphatic heterocycles. The zero-order chi connectivity index (χ0) is 19.7. The zero-order valence-electron chi connectivity index (χ0n) is 14.6. The van der Waals surface area contributed by atoms with E-state index in [2.05, 4.69) is 34.3 Å². The Morgan fingerprint density at radius 1 is 1.26 bits per heavy atom. The van der Waals surface area contributed by atoms with E-state index in [1.165, 1.54) is 17.6 Å². The standard InChI is InChI=1S/C19H21N3O5/c23-12-4-2-1-3-5-14-6-8-15(9-7-14)17(24)21-16(18(25)22-27)19(26)10-11-20-13-19/h6-9,16,20,23,26-27H,4,10-13H2,(H,21,24)(H,22,25)/t16?,19-/m0/s1. The highest BCUT2D eigenvalue weighted by molar-refractivity contribution is 5.98. The molecule has 6 N–H and O–H groups in total. The number of hydrogen-bond acceptors (Lipinski definition) is 6. The van der Waals surface area contributed by atoms with Crippen LogP contribution in [0, 0.1) is 23.7 Å². The third kappa shape index (κ3) is 5.55. The minimum atomic E-state index is -1.48. The molecule has 1 saturated heterocycles. The smallest absolute Gasteiger partial charge is 0.268 e. The van der Waals surface area contributed by atoms with Crippen LogP contribution in [0.25, 0.3) is 0 Å². The number of carbonyl (C=O) groups is 2. The summed E-state index contributed by atoms with van der Waals surface area (Å²) in [4.78, 5) is 24.3. The molecule has 0 bridgehead atoms. The Balaban J connectivity index is 2.07. The Morgan fingerprint density at radius 2 is 2.00 bits per heavy atom. The van der Waals surface area contributed by atoms with Gasteiger partial charge in [-0.2, -0.15) is 0 Å². The predicted molar refractivity (Wildman–Crippen MR) is 96.4 cm³/mol. The summed E-state index contributed by atoms with van der Waals surface area (Å²) in [5, 5.41) is 33.5. The number of aliphatic hydroxyl groups excluding tert-OH is 1. The summed E-state index contributed by atoms with van der Waals surface area (Å²) in [6.07, 6.45) is 0.620. The molecule has 27 heavy (non-hydrogen) atoms. The van der Waals surface area contributed by atoms with Crippen molar-refractivity contribution in [2.75, 3.05) is 19.7 Å². The lowest BCUT2D eigenvalue weighted by Gasteiger charge is -2.30. The number of aliphatic hydroxyl groups is 2. The predicted octanol–water partition coefficient (Wildman–Crippen LogP) is -1.25. The summed E-state index contributed by atoms with van der Waals surface area (Å²) >= 11 is 0. The van der Waals surface area contributed by atoms with Crippen LogP contribution in [0.3, 0.4) is 0 Å². The Bertz CT molecular complexity index is 793. The SMILES string of the molecule is O=C(NC(C(=O)NO)[C@]1(O)CCNC1)c1ccc(C#CC#CCCO)cc1. The first-order valence-corrected chi connectivity index (χ1v) is 8.38. The van der Waals surface area contributed by atoms with E-state index in [9.17, 15) is 14.7 Å². The summed E-state index contributed by atoms with van der Waals surface area (Å²) in [5.41, 5.74) is 0.919. The minimum absolute atomic E-state index is 0.0149. The molecule has 1 aromatic carbocycles. The van der Waals surface area contributed by atoms with Crippen LogP contribution < -0.4 is 16.1 Å². The van der Waals surface area contributed by atoms with Gasteiger partial charge >= 0.3 is 0 Å². The molecule has 8 nitrogen and oxygen atoms in total. The summed E-state index contributed by atoms with van der Waals surface area (Å²) in [6, 6.07) is 5.02. The monoisotopic (exact) mass is 371 g/mol. The van der Waals surface area contributed by atoms with Gasteiger partial charge in [0.1, 0.15) is 11.6 Å². The summed E-state index contributed by atoms with van der Waals surface area (Å²) < 4.78 is 0. The van der Waals surface area contributed by atoms with Gasteiger partial charge in [-0.25, -0.2) is 5.48 Å². The molecule has 1 fully saturated rings. The molecule has 0 saturated carbocycles. The van der Waals surface area contributed by atoms with Gasteiger partial charge in [0.05, 0.1) is 6.61 Å². The molecule has 2 amide bonds. The van der Waals surface area contributed by atoms with Crippen molar-refractivity contribution in [3.05, 3.63) is 35.4 Å². The van der Waals surface area contributed by atoms with Crippen LogP contribution in [0.4, 0.5) is 0 Å². The fourth-order valence-electron chi connectivity index (χ4n) is 2.64. The summed E-state index contributed by atoms with van der Waals surface area (Å²) in [7, 11) is 0. The molecular formula is C19H21N3O5. The highest BCUT2D eigenvalue weighted by Crippen LogP contribution is 2.20. The molecule has 142 valence electrons. The average Bonchev–Trinajstić information content (AvgIpc) is 3.13. The second kappa shape index (κ2) is 9.72. The quantitative estimate of drug-likeness (QED) is 0.218. The first kappa shape index (κ1) is 20.4. The zero-order valence-corrected chi connectivity index (χ0v) is 14.6. The molecule has 0 aliphatic carbocycles. The van der Waals surface area contributed by atoms with E-state index in [0.29, 0.717) is 18.5 Å². The van der Waals surface area contributed by atoms with Gasteiger partial charge in [-0.3, -0.25) is 14.8 Å². The van der Waals surface area contributed by atoms with E-state index in [4.69, 9.17) is 10.3 Å². The fraction of sp³-hybridized carbons (Fsp3) is 0.368. The largest absolute Gasteiger partial charge is 0.395 e. The number of hydroxylamine groups is 1. The third-order valence-electron chi connectivity index (χ3n) is 4.09. The van der Waals surface area contributed by atoms with Gasteiger partial charge in [-0.05, 0) is 49.1 Å². The maximum atomic E-state index is 12.4. The van der Waals surface area contributed by atoms with E-state index in [1.807, 2.05) is 0 Å². The summed E-state index contributed by atoms with van der Waals surface area (Å²) in [6.45, 7) is 0.604. The Kier molecular flexibility index (Phi) is 7.35. The van der Waals surface area contributed by atoms with Gasteiger partial charge in [-0.15, -0.1) is 0 Å². The molecule has 2 rings (SSSR count). The second-order valence-electron chi connectivity index (χ2n) is 6.02. The van der Waals surface area contributed by atoms with Crippen LogP contribution in [-0.2, 0) is 4.79 Å². The van der Waals surface area contributed by atoms with Crippen molar-refractivity contribution in [1.82, 2.24) is 16.1 Å². The molecule has 1 unspecified atom stereocenters. The first-order chi connectivity index (χ1) is 13.0. The highest BCUT2D eigenvalue weighted by atomic mass is 16.5. The molecule has 0 radical (unpaired) electrons. The molecule has 0 aromatic heterocycles. The van der Waals surface area contributed by atoms with Crippen LogP contribution >= 0.6 is 0 Å². The Morgan fingerprint density at radius 3 is 2.59 bits per heavy atom. The van der Waals surface area contributed by atoms with Gasteiger partial charge in [0.2, 0.25) is 0 Å². The van der Waals surface area contributed by atoms with Crippen molar-refractivity contribution in [3.8, 4) is 23.7 Å². The molecule has 2 atom stereocenters. The van der Waals surface area contributed by atoms with Crippen molar-refractivity contribution in [1.29, 1.82) is 0 Å². The van der Waals surface area contributed by atoms with Gasteiger partial charge in [0.25, 0.3) is 11.8 Å². The van der Waals surface area contributed by atoms with Gasteiger partial charge in [-0.1, -0.05) is 11.8 Å². The first-order valence-electron chi connectivity index (χ1n) is 8.38.